The quantitative estimate of drug-likeness (QED) is 0.703. The molecule has 23 heavy (non-hydrogen) atoms. The van der Waals surface area contributed by atoms with Gasteiger partial charge in [-0.2, -0.15) is 0 Å². The van der Waals surface area contributed by atoms with Gasteiger partial charge in [0.15, 0.2) is 0 Å². The van der Waals surface area contributed by atoms with Crippen LogP contribution in [0.4, 0.5) is 0 Å². The molecule has 2 heteroatoms. The van der Waals surface area contributed by atoms with E-state index in [0.717, 1.165) is 30.1 Å². The molecule has 2 nitrogen and oxygen atoms in total. The van der Waals surface area contributed by atoms with Crippen molar-refractivity contribution in [3.63, 3.8) is 0 Å². The zero-order valence-corrected chi connectivity index (χ0v) is 14.8. The van der Waals surface area contributed by atoms with Crippen molar-refractivity contribution in [1.29, 1.82) is 0 Å². The van der Waals surface area contributed by atoms with Crippen LogP contribution in [0.25, 0.3) is 0 Å². The van der Waals surface area contributed by atoms with Gasteiger partial charge in [0.2, 0.25) is 0 Å². The Morgan fingerprint density at radius 2 is 1.91 bits per heavy atom. The molecule has 128 valence electrons. The number of rotatable bonds is 2. The first-order valence-electron chi connectivity index (χ1n) is 9.84. The summed E-state index contributed by atoms with van der Waals surface area (Å²) in [5.41, 5.74) is 0.717. The van der Waals surface area contributed by atoms with Crippen LogP contribution in [0.2, 0.25) is 0 Å². The Morgan fingerprint density at radius 3 is 2.70 bits per heavy atom. The average Bonchev–Trinajstić information content (AvgIpc) is 2.83. The highest BCUT2D eigenvalue weighted by atomic mass is 16.4. The van der Waals surface area contributed by atoms with Gasteiger partial charge < -0.3 is 5.11 Å². The highest BCUT2D eigenvalue weighted by molar-refractivity contribution is 5.67. The molecule has 0 saturated heterocycles. The van der Waals surface area contributed by atoms with Crippen molar-refractivity contribution in [3.8, 4) is 0 Å². The monoisotopic (exact) mass is 316 g/mol. The largest absolute Gasteiger partial charge is 0.481 e. The van der Waals surface area contributed by atoms with Gasteiger partial charge in [0.25, 0.3) is 0 Å². The lowest BCUT2D eigenvalue weighted by Gasteiger charge is -2.59. The highest BCUT2D eigenvalue weighted by Gasteiger charge is 2.59. The van der Waals surface area contributed by atoms with E-state index in [9.17, 15) is 9.90 Å². The minimum Gasteiger partial charge on any atom is -0.481 e. The summed E-state index contributed by atoms with van der Waals surface area (Å²) in [5.74, 6) is 3.19. The SMILES string of the molecule is C[C@]12CC[C@H]3[C@@H](CCC4CCC=C[C@@]43C)[C@@H]1CC[C@@H]2CC(=O)O. The maximum Gasteiger partial charge on any atom is 0.303 e. The number of aliphatic carboxylic acids is 1. The summed E-state index contributed by atoms with van der Waals surface area (Å²) in [6.45, 7) is 4.97. The molecule has 0 bridgehead atoms. The van der Waals surface area contributed by atoms with Gasteiger partial charge in [-0.3, -0.25) is 4.79 Å². The van der Waals surface area contributed by atoms with Gasteiger partial charge in [-0.25, -0.2) is 0 Å². The molecule has 0 amide bonds. The van der Waals surface area contributed by atoms with Crippen LogP contribution in [0.1, 0.15) is 71.6 Å². The summed E-state index contributed by atoms with van der Waals surface area (Å²) >= 11 is 0. The molecule has 0 heterocycles. The molecule has 0 radical (unpaired) electrons. The molecule has 0 spiro atoms. The van der Waals surface area contributed by atoms with E-state index in [2.05, 4.69) is 26.0 Å². The highest BCUT2D eigenvalue weighted by Crippen LogP contribution is 2.66. The predicted octanol–water partition coefficient (Wildman–Crippen LogP) is 5.29. The Hall–Kier alpha value is -0.790. The van der Waals surface area contributed by atoms with Crippen LogP contribution in [0.3, 0.4) is 0 Å². The summed E-state index contributed by atoms with van der Waals surface area (Å²) in [4.78, 5) is 11.3. The molecule has 4 rings (SSSR count). The first-order chi connectivity index (χ1) is 10.9. The van der Waals surface area contributed by atoms with Crippen LogP contribution in [0.15, 0.2) is 12.2 Å². The first-order valence-corrected chi connectivity index (χ1v) is 9.84. The molecule has 7 atom stereocenters. The summed E-state index contributed by atoms with van der Waals surface area (Å²) in [6, 6.07) is 0. The predicted molar refractivity (Wildman–Crippen MR) is 92.0 cm³/mol. The third-order valence-electron chi connectivity index (χ3n) is 8.74. The molecule has 3 saturated carbocycles. The van der Waals surface area contributed by atoms with E-state index in [4.69, 9.17) is 0 Å². The van der Waals surface area contributed by atoms with Crippen molar-refractivity contribution >= 4 is 5.97 Å². The van der Waals surface area contributed by atoms with Crippen molar-refractivity contribution in [1.82, 2.24) is 0 Å². The second kappa shape index (κ2) is 5.36. The number of hydrogen-bond acceptors (Lipinski definition) is 1. The number of carboxylic acids is 1. The Labute approximate surface area is 140 Å². The second-order valence-electron chi connectivity index (χ2n) is 9.41. The van der Waals surface area contributed by atoms with Gasteiger partial charge in [0.05, 0.1) is 0 Å². The minimum absolute atomic E-state index is 0.293. The molecule has 4 aliphatic rings. The lowest BCUT2D eigenvalue weighted by Crippen LogP contribution is -2.51. The fraction of sp³-hybridized carbons (Fsp3) is 0.857. The first kappa shape index (κ1) is 15.7. The zero-order valence-electron chi connectivity index (χ0n) is 14.8. The molecule has 0 aromatic carbocycles. The van der Waals surface area contributed by atoms with Crippen molar-refractivity contribution in [2.24, 2.45) is 40.4 Å². The lowest BCUT2D eigenvalue weighted by atomic mass is 9.46. The number of hydrogen-bond donors (Lipinski definition) is 1. The maximum atomic E-state index is 11.3. The van der Waals surface area contributed by atoms with E-state index in [-0.39, 0.29) is 0 Å². The number of carbonyl (C=O) groups is 1. The van der Waals surface area contributed by atoms with Gasteiger partial charge >= 0.3 is 5.97 Å². The number of fused-ring (bicyclic) bond motifs is 5. The Bertz CT molecular complexity index is 524. The van der Waals surface area contributed by atoms with E-state index in [1.165, 1.54) is 44.9 Å². The van der Waals surface area contributed by atoms with Crippen LogP contribution < -0.4 is 0 Å². The zero-order chi connectivity index (χ0) is 16.2. The molecular formula is C21H32O2. The van der Waals surface area contributed by atoms with Gasteiger partial charge in [0, 0.05) is 6.42 Å². The minimum atomic E-state index is -0.593. The third kappa shape index (κ3) is 2.23. The second-order valence-corrected chi connectivity index (χ2v) is 9.41. The van der Waals surface area contributed by atoms with Crippen LogP contribution >= 0.6 is 0 Å². The van der Waals surface area contributed by atoms with Crippen molar-refractivity contribution in [3.05, 3.63) is 12.2 Å². The van der Waals surface area contributed by atoms with Crippen LogP contribution in [0, 0.1) is 40.4 Å². The molecule has 0 aromatic heterocycles. The van der Waals surface area contributed by atoms with Crippen LogP contribution in [-0.4, -0.2) is 11.1 Å². The standard InChI is InChI=1S/C21H32O2/c1-20-11-4-3-5-14(20)6-8-16-17-9-7-15(13-19(22)23)21(17,2)12-10-18(16)20/h4,11,14-18H,3,5-10,12-13H2,1-2H3,(H,22,23)/t14?,15-,16+,17+,18+,20+,21-/m1/s1. The van der Waals surface area contributed by atoms with Gasteiger partial charge in [0.1, 0.15) is 0 Å². The van der Waals surface area contributed by atoms with Gasteiger partial charge in [-0.05, 0) is 91.8 Å². The van der Waals surface area contributed by atoms with Crippen LogP contribution in [-0.2, 0) is 4.79 Å². The summed E-state index contributed by atoms with van der Waals surface area (Å²) in [6.07, 6.45) is 15.9. The summed E-state index contributed by atoms with van der Waals surface area (Å²) < 4.78 is 0. The van der Waals surface area contributed by atoms with Crippen molar-refractivity contribution < 1.29 is 9.90 Å². The smallest absolute Gasteiger partial charge is 0.303 e. The molecule has 1 N–H and O–H groups in total. The van der Waals surface area contributed by atoms with Crippen molar-refractivity contribution in [2.75, 3.05) is 0 Å². The van der Waals surface area contributed by atoms with Gasteiger partial charge in [-0.1, -0.05) is 26.0 Å². The van der Waals surface area contributed by atoms with E-state index >= 15 is 0 Å². The lowest BCUT2D eigenvalue weighted by molar-refractivity contribution is -0.140. The average molecular weight is 316 g/mol. The number of carboxylic acid groups (broad SMARTS) is 1. The molecule has 3 fully saturated rings. The molecule has 4 aliphatic carbocycles. The summed E-state index contributed by atoms with van der Waals surface area (Å²) in [5, 5.41) is 9.30. The van der Waals surface area contributed by atoms with Crippen molar-refractivity contribution in [2.45, 2.75) is 71.6 Å². The van der Waals surface area contributed by atoms with E-state index < -0.39 is 5.97 Å². The molecule has 0 aliphatic heterocycles. The molecular weight excluding hydrogens is 284 g/mol. The summed E-state index contributed by atoms with van der Waals surface area (Å²) in [7, 11) is 0. The molecule has 1 unspecified atom stereocenters. The van der Waals surface area contributed by atoms with E-state index in [1.807, 2.05) is 0 Å². The van der Waals surface area contributed by atoms with Gasteiger partial charge in [-0.15, -0.1) is 0 Å². The Morgan fingerprint density at radius 1 is 1.09 bits per heavy atom. The maximum absolute atomic E-state index is 11.3. The topological polar surface area (TPSA) is 37.3 Å². The Kier molecular flexibility index (Phi) is 3.66. The normalized spacial score (nSPS) is 51.7. The van der Waals surface area contributed by atoms with Crippen LogP contribution in [0.5, 0.6) is 0 Å². The van der Waals surface area contributed by atoms with E-state index in [0.29, 0.717) is 23.2 Å². The number of allylic oxidation sites excluding steroid dienone is 2. The molecule has 0 aromatic rings. The third-order valence-corrected chi connectivity index (χ3v) is 8.74. The Balaban J connectivity index is 1.61. The fourth-order valence-corrected chi connectivity index (χ4v) is 7.47. The van der Waals surface area contributed by atoms with E-state index in [1.54, 1.807) is 0 Å². The fourth-order valence-electron chi connectivity index (χ4n) is 7.47.